The quantitative estimate of drug-likeness (QED) is 0.588. The van der Waals surface area contributed by atoms with Crippen LogP contribution in [0.25, 0.3) is 0 Å². The number of fused-ring (bicyclic) bond motifs is 1. The second kappa shape index (κ2) is 7.98. The molecular weight excluding hydrogens is 371 g/mol. The lowest BCUT2D eigenvalue weighted by atomic mass is 9.96. The van der Waals surface area contributed by atoms with Gasteiger partial charge in [-0.05, 0) is 36.2 Å². The van der Waals surface area contributed by atoms with E-state index in [1.54, 1.807) is 24.3 Å². The van der Waals surface area contributed by atoms with Gasteiger partial charge in [0.1, 0.15) is 0 Å². The smallest absolute Gasteiger partial charge is 0.338 e. The molecule has 0 spiro atoms. The molecule has 0 fully saturated rings. The molecule has 0 atom stereocenters. The van der Waals surface area contributed by atoms with Crippen LogP contribution in [0.1, 0.15) is 36.5 Å². The first-order valence-corrected chi connectivity index (χ1v) is 9.23. The van der Waals surface area contributed by atoms with Gasteiger partial charge in [0.25, 0.3) is 0 Å². The zero-order valence-electron chi connectivity index (χ0n) is 14.4. The van der Waals surface area contributed by atoms with Gasteiger partial charge < -0.3 is 11.1 Å². The van der Waals surface area contributed by atoms with Crippen LogP contribution in [0.5, 0.6) is 0 Å². The predicted octanol–water partition coefficient (Wildman–Crippen LogP) is 4.65. The fourth-order valence-electron chi connectivity index (χ4n) is 2.75. The number of hydrogen-bond acceptors (Lipinski definition) is 3. The number of halogens is 2. The first-order valence-electron chi connectivity index (χ1n) is 8.47. The van der Waals surface area contributed by atoms with Crippen LogP contribution in [0, 0.1) is 0 Å². The molecule has 26 heavy (non-hydrogen) atoms. The summed E-state index contributed by atoms with van der Waals surface area (Å²) in [6.45, 7) is 3.03. The number of urea groups is 1. The summed E-state index contributed by atoms with van der Waals surface area (Å²) in [5.74, 6) is 0. The lowest BCUT2D eigenvalue weighted by molar-refractivity contribution is 0.196. The number of nitrogens with zero attached hydrogens (tertiary/aromatic N) is 2. The molecular formula is C19H20Cl2N4O. The predicted molar refractivity (Wildman–Crippen MR) is 107 cm³/mol. The van der Waals surface area contributed by atoms with Crippen molar-refractivity contribution in [3.63, 3.8) is 0 Å². The molecule has 2 amide bonds. The zero-order chi connectivity index (χ0) is 18.7. The second-order valence-electron chi connectivity index (χ2n) is 6.14. The Hall–Kier alpha value is -2.24. The van der Waals surface area contributed by atoms with Gasteiger partial charge in [-0.3, -0.25) is 0 Å². The average molecular weight is 391 g/mol. The van der Waals surface area contributed by atoms with Gasteiger partial charge in [-0.15, -0.1) is 0 Å². The molecule has 1 heterocycles. The maximum Gasteiger partial charge on any atom is 0.338 e. The van der Waals surface area contributed by atoms with E-state index < -0.39 is 0 Å². The number of hydrazone groups is 1. The van der Waals surface area contributed by atoms with Crippen LogP contribution in [-0.4, -0.2) is 23.3 Å². The molecule has 0 aliphatic carbocycles. The molecule has 1 aliphatic heterocycles. The molecule has 0 radical (unpaired) electrons. The number of benzene rings is 2. The summed E-state index contributed by atoms with van der Waals surface area (Å²) >= 11 is 12.4. The molecule has 7 heteroatoms. The summed E-state index contributed by atoms with van der Waals surface area (Å²) in [5, 5.41) is 9.79. The van der Waals surface area contributed by atoms with Crippen molar-refractivity contribution in [2.45, 2.75) is 26.3 Å². The van der Waals surface area contributed by atoms with Crippen molar-refractivity contribution in [3.05, 3.63) is 63.1 Å². The van der Waals surface area contributed by atoms with E-state index in [1.807, 2.05) is 12.1 Å². The molecule has 5 nitrogen and oxygen atoms in total. The van der Waals surface area contributed by atoms with E-state index in [0.717, 1.165) is 29.5 Å². The third-order valence-corrected chi connectivity index (χ3v) is 4.89. The Balaban J connectivity index is 2.00. The van der Waals surface area contributed by atoms with Crippen LogP contribution < -0.4 is 11.1 Å². The van der Waals surface area contributed by atoms with Crippen LogP contribution in [0.4, 0.5) is 10.5 Å². The Morgan fingerprint density at radius 3 is 2.62 bits per heavy atom. The summed E-state index contributed by atoms with van der Waals surface area (Å²) in [6, 6.07) is 10.7. The third-order valence-electron chi connectivity index (χ3n) is 4.17. The Labute approximate surface area is 162 Å². The van der Waals surface area contributed by atoms with E-state index in [2.05, 4.69) is 17.3 Å². The van der Waals surface area contributed by atoms with Crippen molar-refractivity contribution in [1.29, 1.82) is 0 Å². The van der Waals surface area contributed by atoms with E-state index in [4.69, 9.17) is 28.9 Å². The second-order valence-corrected chi connectivity index (χ2v) is 6.95. The molecule has 1 aliphatic rings. The van der Waals surface area contributed by atoms with E-state index in [-0.39, 0.29) is 6.03 Å². The summed E-state index contributed by atoms with van der Waals surface area (Å²) in [7, 11) is 0. The topological polar surface area (TPSA) is 70.7 Å². The van der Waals surface area contributed by atoms with Gasteiger partial charge in [-0.25, -0.2) is 9.80 Å². The highest BCUT2D eigenvalue weighted by Gasteiger charge is 2.25. The van der Waals surface area contributed by atoms with E-state index >= 15 is 0 Å². The van der Waals surface area contributed by atoms with Crippen molar-refractivity contribution in [3.8, 4) is 0 Å². The molecule has 136 valence electrons. The van der Waals surface area contributed by atoms with Crippen molar-refractivity contribution < 1.29 is 4.79 Å². The number of nitrogens with two attached hydrogens (primary N) is 1. The Kier molecular flexibility index (Phi) is 5.69. The number of unbranched alkanes of at least 4 members (excludes halogenated alkanes) is 1. The highest BCUT2D eigenvalue weighted by Crippen LogP contribution is 2.31. The molecule has 0 saturated heterocycles. The number of amides is 2. The van der Waals surface area contributed by atoms with Gasteiger partial charge in [0, 0.05) is 23.4 Å². The molecule has 2 aromatic carbocycles. The molecule has 0 unspecified atom stereocenters. The fraction of sp³-hybridized carbons (Fsp3) is 0.263. The lowest BCUT2D eigenvalue weighted by Crippen LogP contribution is -2.39. The largest absolute Gasteiger partial charge is 0.399 e. The Bertz CT molecular complexity index is 849. The standard InChI is InChI=1S/C19H20Cl2N4O/c1-2-3-8-23-19(26)25-11-13-9-16(20)17(21)10-15(13)18(24-25)12-4-6-14(22)7-5-12/h4-7,9-10H,2-3,8,11,22H2,1H3,(H,23,26). The number of nitrogens with one attached hydrogen (secondary N) is 1. The van der Waals surface area contributed by atoms with E-state index in [0.29, 0.717) is 34.5 Å². The Morgan fingerprint density at radius 1 is 1.23 bits per heavy atom. The SMILES string of the molecule is CCCCNC(=O)N1Cc2cc(Cl)c(Cl)cc2C(c2ccc(N)cc2)=N1. The third kappa shape index (κ3) is 3.94. The average Bonchev–Trinajstić information content (AvgIpc) is 2.63. The molecule has 3 rings (SSSR count). The van der Waals surface area contributed by atoms with E-state index in [9.17, 15) is 4.79 Å². The van der Waals surface area contributed by atoms with Crippen molar-refractivity contribution in [1.82, 2.24) is 10.3 Å². The number of hydrogen-bond donors (Lipinski definition) is 2. The summed E-state index contributed by atoms with van der Waals surface area (Å²) in [4.78, 5) is 12.5. The van der Waals surface area contributed by atoms with Gasteiger partial charge in [0.15, 0.2) is 0 Å². The lowest BCUT2D eigenvalue weighted by Gasteiger charge is -2.27. The van der Waals surface area contributed by atoms with Gasteiger partial charge in [-0.2, -0.15) is 5.10 Å². The highest BCUT2D eigenvalue weighted by atomic mass is 35.5. The van der Waals surface area contributed by atoms with Gasteiger partial charge >= 0.3 is 6.03 Å². The fourth-order valence-corrected chi connectivity index (χ4v) is 3.10. The molecule has 3 N–H and O–H groups in total. The molecule has 0 bridgehead atoms. The van der Waals surface area contributed by atoms with Crippen LogP contribution in [-0.2, 0) is 6.54 Å². The van der Waals surface area contributed by atoms with Gasteiger partial charge in [0.2, 0.25) is 0 Å². The molecule has 0 saturated carbocycles. The van der Waals surface area contributed by atoms with Crippen molar-refractivity contribution in [2.24, 2.45) is 5.10 Å². The minimum atomic E-state index is -0.233. The van der Waals surface area contributed by atoms with Crippen molar-refractivity contribution in [2.75, 3.05) is 12.3 Å². The monoisotopic (exact) mass is 390 g/mol. The number of anilines is 1. The maximum absolute atomic E-state index is 12.5. The van der Waals surface area contributed by atoms with E-state index in [1.165, 1.54) is 5.01 Å². The first kappa shape index (κ1) is 18.5. The van der Waals surface area contributed by atoms with Crippen LogP contribution >= 0.6 is 23.2 Å². The number of nitrogen functional groups attached to an aromatic ring is 1. The van der Waals surface area contributed by atoms with Crippen LogP contribution in [0.15, 0.2) is 41.5 Å². The summed E-state index contributed by atoms with van der Waals surface area (Å²) in [5.41, 5.74) is 9.72. The first-order chi connectivity index (χ1) is 12.5. The highest BCUT2D eigenvalue weighted by molar-refractivity contribution is 6.42. The summed E-state index contributed by atoms with van der Waals surface area (Å²) < 4.78 is 0. The number of rotatable bonds is 4. The minimum absolute atomic E-state index is 0.233. The minimum Gasteiger partial charge on any atom is -0.399 e. The van der Waals surface area contributed by atoms with Crippen LogP contribution in [0.3, 0.4) is 0 Å². The molecule has 2 aromatic rings. The molecule has 0 aromatic heterocycles. The van der Waals surface area contributed by atoms with Gasteiger partial charge in [-0.1, -0.05) is 48.7 Å². The summed E-state index contributed by atoms with van der Waals surface area (Å²) in [6.07, 6.45) is 1.93. The zero-order valence-corrected chi connectivity index (χ0v) is 15.9. The Morgan fingerprint density at radius 2 is 1.92 bits per heavy atom. The normalized spacial score (nSPS) is 13.2. The number of carbonyl (C=O) groups is 1. The maximum atomic E-state index is 12.5. The number of carbonyl (C=O) groups excluding carboxylic acids is 1. The van der Waals surface area contributed by atoms with Crippen molar-refractivity contribution >= 4 is 40.6 Å². The van der Waals surface area contributed by atoms with Crippen LogP contribution in [0.2, 0.25) is 10.0 Å². The van der Waals surface area contributed by atoms with Gasteiger partial charge in [0.05, 0.1) is 22.3 Å².